The molecule has 0 amide bonds. The molecule has 0 atom stereocenters. The van der Waals surface area contributed by atoms with Gasteiger partial charge >= 0.3 is 5.69 Å². The van der Waals surface area contributed by atoms with E-state index in [9.17, 15) is 4.79 Å². The van der Waals surface area contributed by atoms with Gasteiger partial charge in [0, 0.05) is 25.0 Å². The lowest BCUT2D eigenvalue weighted by Crippen LogP contribution is -2.21. The molecule has 7 heteroatoms. The maximum Gasteiger partial charge on any atom is 0.337 e. The van der Waals surface area contributed by atoms with Crippen LogP contribution < -0.4 is 15.2 Å². The second-order valence-electron chi connectivity index (χ2n) is 9.03. The van der Waals surface area contributed by atoms with Crippen LogP contribution in [0.25, 0.3) is 11.4 Å². The Morgan fingerprint density at radius 3 is 2.11 bits per heavy atom. The Balaban J connectivity index is 1.22. The molecule has 2 aromatic heterocycles. The second-order valence-corrected chi connectivity index (χ2v) is 9.03. The van der Waals surface area contributed by atoms with Crippen molar-refractivity contribution in [3.63, 3.8) is 0 Å². The van der Waals surface area contributed by atoms with Crippen LogP contribution in [0.15, 0.2) is 71.9 Å². The van der Waals surface area contributed by atoms with Crippen molar-refractivity contribution in [3.05, 3.63) is 89.1 Å². The first-order chi connectivity index (χ1) is 17.1. The molecule has 0 unspecified atom stereocenters. The molecule has 1 aliphatic rings. The van der Waals surface area contributed by atoms with Gasteiger partial charge in [-0.15, -0.1) is 0 Å². The van der Waals surface area contributed by atoms with E-state index in [1.807, 2.05) is 55.5 Å². The molecule has 1 saturated carbocycles. The maximum atomic E-state index is 13.1. The van der Waals surface area contributed by atoms with Crippen LogP contribution in [-0.4, -0.2) is 31.4 Å². The minimum absolute atomic E-state index is 0.120. The normalized spacial score (nSPS) is 13.9. The number of benzene rings is 2. The van der Waals surface area contributed by atoms with Crippen molar-refractivity contribution in [2.45, 2.75) is 58.6 Å². The number of ether oxygens (including phenoxy) is 2. The lowest BCUT2D eigenvalue weighted by Gasteiger charge is -2.13. The highest BCUT2D eigenvalue weighted by Crippen LogP contribution is 2.24. The van der Waals surface area contributed by atoms with Gasteiger partial charge in [-0.1, -0.05) is 6.92 Å². The quantitative estimate of drug-likeness (QED) is 0.340. The molecule has 0 radical (unpaired) electrons. The number of rotatable bonds is 9. The third-order valence-corrected chi connectivity index (χ3v) is 6.51. The zero-order valence-electron chi connectivity index (χ0n) is 20.4. The molecule has 0 bridgehead atoms. The standard InChI is InChI=1S/C28H32N4O3/c1-3-27-29-21(2)20-30(27)18-19-34-24-12-8-22(9-13-24)31-16-17-32(28(31)33)23-10-14-26(15-11-23)35-25-6-4-5-7-25/h8-17,20,25H,3-7,18-19H2,1-2H3. The van der Waals surface area contributed by atoms with Gasteiger partial charge in [0.15, 0.2) is 0 Å². The largest absolute Gasteiger partial charge is 0.492 e. The maximum absolute atomic E-state index is 13.1. The molecule has 182 valence electrons. The van der Waals surface area contributed by atoms with Crippen LogP contribution >= 0.6 is 0 Å². The number of aromatic nitrogens is 4. The predicted molar refractivity (Wildman–Crippen MR) is 136 cm³/mol. The van der Waals surface area contributed by atoms with Gasteiger partial charge in [0.25, 0.3) is 0 Å². The molecule has 1 fully saturated rings. The molecule has 7 nitrogen and oxygen atoms in total. The minimum Gasteiger partial charge on any atom is -0.492 e. The van der Waals surface area contributed by atoms with Crippen LogP contribution in [0.4, 0.5) is 0 Å². The van der Waals surface area contributed by atoms with E-state index in [-0.39, 0.29) is 5.69 Å². The first-order valence-electron chi connectivity index (χ1n) is 12.4. The van der Waals surface area contributed by atoms with E-state index in [1.165, 1.54) is 12.8 Å². The van der Waals surface area contributed by atoms with Crippen LogP contribution in [0.3, 0.4) is 0 Å². The van der Waals surface area contributed by atoms with E-state index in [4.69, 9.17) is 9.47 Å². The monoisotopic (exact) mass is 472 g/mol. The van der Waals surface area contributed by atoms with E-state index in [0.717, 1.165) is 60.2 Å². The third kappa shape index (κ3) is 5.19. The Morgan fingerprint density at radius 2 is 1.51 bits per heavy atom. The van der Waals surface area contributed by atoms with Crippen molar-refractivity contribution in [1.29, 1.82) is 0 Å². The SMILES string of the molecule is CCc1nc(C)cn1CCOc1ccc(-n2ccn(-c3ccc(OC4CCCC4)cc3)c2=O)cc1. The highest BCUT2D eigenvalue weighted by molar-refractivity contribution is 5.40. The fraction of sp³-hybridized carbons (Fsp3) is 0.357. The third-order valence-electron chi connectivity index (χ3n) is 6.51. The zero-order valence-corrected chi connectivity index (χ0v) is 20.4. The van der Waals surface area contributed by atoms with Crippen molar-refractivity contribution < 1.29 is 9.47 Å². The van der Waals surface area contributed by atoms with Crippen LogP contribution in [-0.2, 0) is 13.0 Å². The molecule has 35 heavy (non-hydrogen) atoms. The summed E-state index contributed by atoms with van der Waals surface area (Å²) < 4.78 is 17.4. The van der Waals surface area contributed by atoms with Gasteiger partial charge < -0.3 is 14.0 Å². The smallest absolute Gasteiger partial charge is 0.337 e. The molecule has 1 aliphatic carbocycles. The van der Waals surface area contributed by atoms with Crippen molar-refractivity contribution in [1.82, 2.24) is 18.7 Å². The number of hydrogen-bond donors (Lipinski definition) is 0. The fourth-order valence-electron chi connectivity index (χ4n) is 4.69. The van der Waals surface area contributed by atoms with E-state index >= 15 is 0 Å². The topological polar surface area (TPSA) is 63.2 Å². The van der Waals surface area contributed by atoms with Crippen LogP contribution in [0, 0.1) is 6.92 Å². The Labute approximate surface area is 205 Å². The molecule has 2 aromatic carbocycles. The van der Waals surface area contributed by atoms with Gasteiger partial charge in [0.1, 0.15) is 23.9 Å². The summed E-state index contributed by atoms with van der Waals surface area (Å²) in [6.45, 7) is 5.41. The highest BCUT2D eigenvalue weighted by Gasteiger charge is 2.16. The van der Waals surface area contributed by atoms with E-state index in [2.05, 4.69) is 22.7 Å². The van der Waals surface area contributed by atoms with Gasteiger partial charge in [0.05, 0.1) is 29.7 Å². The molecule has 4 aromatic rings. The molecule has 5 rings (SSSR count). The second kappa shape index (κ2) is 10.3. The minimum atomic E-state index is -0.120. The molecular formula is C28H32N4O3. The lowest BCUT2D eigenvalue weighted by atomic mass is 10.2. The molecular weight excluding hydrogens is 440 g/mol. The van der Waals surface area contributed by atoms with Crippen molar-refractivity contribution in [2.75, 3.05) is 6.61 Å². The summed E-state index contributed by atoms with van der Waals surface area (Å²) in [6, 6.07) is 15.3. The number of nitrogens with zero attached hydrogens (tertiary/aromatic N) is 4. The first-order valence-corrected chi connectivity index (χ1v) is 12.4. The Morgan fingerprint density at radius 1 is 0.914 bits per heavy atom. The number of hydrogen-bond acceptors (Lipinski definition) is 4. The Bertz CT molecular complexity index is 1310. The van der Waals surface area contributed by atoms with Gasteiger partial charge in [-0.2, -0.15) is 0 Å². The van der Waals surface area contributed by atoms with E-state index < -0.39 is 0 Å². The summed E-state index contributed by atoms with van der Waals surface area (Å²) in [6.07, 6.45) is 11.6. The summed E-state index contributed by atoms with van der Waals surface area (Å²) in [4.78, 5) is 17.6. The van der Waals surface area contributed by atoms with E-state index in [0.29, 0.717) is 12.7 Å². The Hall–Kier alpha value is -3.74. The molecule has 0 N–H and O–H groups in total. The fourth-order valence-corrected chi connectivity index (χ4v) is 4.69. The van der Waals surface area contributed by atoms with Crippen LogP contribution in [0.5, 0.6) is 11.5 Å². The Kier molecular flexibility index (Phi) is 6.75. The zero-order chi connectivity index (χ0) is 24.2. The van der Waals surface area contributed by atoms with Crippen LogP contribution in [0.1, 0.15) is 44.1 Å². The van der Waals surface area contributed by atoms with Crippen LogP contribution in [0.2, 0.25) is 0 Å². The van der Waals surface area contributed by atoms with Gasteiger partial charge in [-0.05, 0) is 81.1 Å². The van der Waals surface area contributed by atoms with E-state index in [1.54, 1.807) is 21.5 Å². The molecule has 0 saturated heterocycles. The predicted octanol–water partition coefficient (Wildman–Crippen LogP) is 5.10. The average molecular weight is 473 g/mol. The number of aryl methyl sites for hydroxylation is 2. The summed E-state index contributed by atoms with van der Waals surface area (Å²) in [5, 5.41) is 0. The van der Waals surface area contributed by atoms with Gasteiger partial charge in [-0.3, -0.25) is 9.13 Å². The lowest BCUT2D eigenvalue weighted by molar-refractivity contribution is 0.210. The van der Waals surface area contributed by atoms with Crippen molar-refractivity contribution in [3.8, 4) is 22.9 Å². The first kappa shape index (κ1) is 23.0. The van der Waals surface area contributed by atoms with Crippen molar-refractivity contribution in [2.24, 2.45) is 0 Å². The molecule has 2 heterocycles. The van der Waals surface area contributed by atoms with Gasteiger partial charge in [-0.25, -0.2) is 9.78 Å². The summed E-state index contributed by atoms with van der Waals surface area (Å²) in [5.74, 6) is 2.70. The van der Waals surface area contributed by atoms with Gasteiger partial charge in [0.2, 0.25) is 0 Å². The summed E-state index contributed by atoms with van der Waals surface area (Å²) in [5.41, 5.74) is 2.51. The molecule has 0 spiro atoms. The number of imidazole rings is 2. The summed E-state index contributed by atoms with van der Waals surface area (Å²) >= 11 is 0. The highest BCUT2D eigenvalue weighted by atomic mass is 16.5. The summed E-state index contributed by atoms with van der Waals surface area (Å²) in [7, 11) is 0. The molecule has 0 aliphatic heterocycles. The van der Waals surface area contributed by atoms with Crippen molar-refractivity contribution >= 4 is 0 Å². The average Bonchev–Trinajstić information content (AvgIpc) is 3.61.